The van der Waals surface area contributed by atoms with Crippen molar-refractivity contribution in [2.45, 2.75) is 39.9 Å². The summed E-state index contributed by atoms with van der Waals surface area (Å²) < 4.78 is 3.21. The van der Waals surface area contributed by atoms with E-state index in [0.717, 1.165) is 5.82 Å². The highest BCUT2D eigenvalue weighted by Gasteiger charge is 2.11. The first-order valence-electron chi connectivity index (χ1n) is 7.26. The van der Waals surface area contributed by atoms with E-state index in [-0.39, 0.29) is 11.2 Å². The van der Waals surface area contributed by atoms with Gasteiger partial charge in [0.25, 0.3) is 5.56 Å². The predicted octanol–water partition coefficient (Wildman–Crippen LogP) is 0.149. The maximum absolute atomic E-state index is 11.8. The number of rotatable bonds is 6. The van der Waals surface area contributed by atoms with E-state index in [0.29, 0.717) is 31.4 Å². The molecule has 8 heteroatoms. The molecule has 0 radical (unpaired) electrons. The molecule has 0 amide bonds. The van der Waals surface area contributed by atoms with Gasteiger partial charge in [0.2, 0.25) is 0 Å². The van der Waals surface area contributed by atoms with Gasteiger partial charge in [-0.15, -0.1) is 10.2 Å². The smallest absolute Gasteiger partial charge is 0.314 e. The fourth-order valence-electron chi connectivity index (χ4n) is 2.25. The molecule has 0 aromatic carbocycles. The zero-order chi connectivity index (χ0) is 16.3. The van der Waals surface area contributed by atoms with Crippen LogP contribution in [-0.4, -0.2) is 42.8 Å². The number of nitrogens with zero attached hydrogens (tertiary/aromatic N) is 5. The number of likely N-dealkylation sites (N-methyl/N-ethyl adjacent to an activating group) is 1. The van der Waals surface area contributed by atoms with Gasteiger partial charge in [-0.3, -0.25) is 14.3 Å². The Bertz CT molecular complexity index is 711. The monoisotopic (exact) mass is 306 g/mol. The molecule has 1 N–H and O–H groups in total. The van der Waals surface area contributed by atoms with Crippen LogP contribution in [0.2, 0.25) is 0 Å². The largest absolute Gasteiger partial charge is 0.328 e. The van der Waals surface area contributed by atoms with Crippen molar-refractivity contribution < 1.29 is 0 Å². The van der Waals surface area contributed by atoms with Crippen LogP contribution in [0.15, 0.2) is 22.0 Å². The SMILES string of the molecule is Cc1cc(=O)n(CCN(C)Cc2nncn2C(C)C)c(=O)[nH]1. The molecule has 2 aromatic rings. The lowest BCUT2D eigenvalue weighted by Crippen LogP contribution is -2.38. The van der Waals surface area contributed by atoms with Gasteiger partial charge in [-0.2, -0.15) is 0 Å². The van der Waals surface area contributed by atoms with Crippen molar-refractivity contribution in [2.24, 2.45) is 0 Å². The first kappa shape index (κ1) is 16.2. The molecule has 0 atom stereocenters. The first-order chi connectivity index (χ1) is 10.4. The summed E-state index contributed by atoms with van der Waals surface area (Å²) in [5.41, 5.74) is -0.0756. The minimum Gasteiger partial charge on any atom is -0.314 e. The molecule has 0 aliphatic rings. The quantitative estimate of drug-likeness (QED) is 0.820. The second-order valence-electron chi connectivity index (χ2n) is 5.73. The van der Waals surface area contributed by atoms with E-state index in [2.05, 4.69) is 29.0 Å². The number of nitrogens with one attached hydrogen (secondary N) is 1. The second-order valence-corrected chi connectivity index (χ2v) is 5.73. The predicted molar refractivity (Wildman–Crippen MR) is 82.8 cm³/mol. The van der Waals surface area contributed by atoms with Gasteiger partial charge in [0.1, 0.15) is 12.2 Å². The van der Waals surface area contributed by atoms with E-state index in [9.17, 15) is 9.59 Å². The van der Waals surface area contributed by atoms with E-state index in [1.807, 2.05) is 16.5 Å². The van der Waals surface area contributed by atoms with Crippen molar-refractivity contribution in [1.82, 2.24) is 29.2 Å². The number of H-pyrrole nitrogens is 1. The zero-order valence-electron chi connectivity index (χ0n) is 13.4. The summed E-state index contributed by atoms with van der Waals surface area (Å²) in [4.78, 5) is 28.3. The van der Waals surface area contributed by atoms with Crippen molar-refractivity contribution in [3.8, 4) is 0 Å². The van der Waals surface area contributed by atoms with Crippen molar-refractivity contribution >= 4 is 0 Å². The molecule has 22 heavy (non-hydrogen) atoms. The van der Waals surface area contributed by atoms with E-state index in [4.69, 9.17) is 0 Å². The van der Waals surface area contributed by atoms with Crippen LogP contribution in [0, 0.1) is 6.92 Å². The molecule has 120 valence electrons. The number of aromatic amines is 1. The van der Waals surface area contributed by atoms with Crippen LogP contribution >= 0.6 is 0 Å². The van der Waals surface area contributed by atoms with Crippen LogP contribution in [0.4, 0.5) is 0 Å². The minimum atomic E-state index is -0.372. The van der Waals surface area contributed by atoms with E-state index < -0.39 is 0 Å². The molecule has 2 heterocycles. The Labute approximate surface area is 128 Å². The highest BCUT2D eigenvalue weighted by Crippen LogP contribution is 2.08. The average Bonchev–Trinajstić information content (AvgIpc) is 2.85. The lowest BCUT2D eigenvalue weighted by atomic mass is 10.3. The maximum Gasteiger partial charge on any atom is 0.328 e. The molecule has 0 bridgehead atoms. The lowest BCUT2D eigenvalue weighted by Gasteiger charge is -2.18. The van der Waals surface area contributed by atoms with Gasteiger partial charge in [-0.25, -0.2) is 4.79 Å². The van der Waals surface area contributed by atoms with Gasteiger partial charge in [-0.1, -0.05) is 0 Å². The molecule has 0 saturated carbocycles. The summed E-state index contributed by atoms with van der Waals surface area (Å²) in [5, 5.41) is 8.04. The summed E-state index contributed by atoms with van der Waals surface area (Å²) in [6.07, 6.45) is 1.71. The molecule has 0 unspecified atom stereocenters. The van der Waals surface area contributed by atoms with Gasteiger partial charge < -0.3 is 9.55 Å². The highest BCUT2D eigenvalue weighted by molar-refractivity contribution is 4.96. The van der Waals surface area contributed by atoms with Crippen LogP contribution < -0.4 is 11.2 Å². The third-order valence-electron chi connectivity index (χ3n) is 3.48. The molecular weight excluding hydrogens is 284 g/mol. The van der Waals surface area contributed by atoms with Crippen LogP contribution in [-0.2, 0) is 13.1 Å². The fraction of sp³-hybridized carbons (Fsp3) is 0.571. The average molecular weight is 306 g/mol. The molecule has 0 saturated heterocycles. The topological polar surface area (TPSA) is 88.8 Å². The van der Waals surface area contributed by atoms with Crippen LogP contribution in [0.1, 0.15) is 31.4 Å². The molecule has 0 fully saturated rings. The molecule has 0 aliphatic carbocycles. The molecular formula is C14H22N6O2. The fourth-order valence-corrected chi connectivity index (χ4v) is 2.25. The molecule has 0 spiro atoms. The van der Waals surface area contributed by atoms with E-state index in [1.165, 1.54) is 10.6 Å². The van der Waals surface area contributed by atoms with Gasteiger partial charge in [0, 0.05) is 30.9 Å². The van der Waals surface area contributed by atoms with E-state index >= 15 is 0 Å². The summed E-state index contributed by atoms with van der Waals surface area (Å²) in [6.45, 7) is 7.34. The Morgan fingerprint density at radius 1 is 1.36 bits per heavy atom. The van der Waals surface area contributed by atoms with Gasteiger partial charge in [0.05, 0.1) is 6.54 Å². The maximum atomic E-state index is 11.8. The Kier molecular flexibility index (Phi) is 4.92. The second kappa shape index (κ2) is 6.69. The Balaban J connectivity index is 2.02. The van der Waals surface area contributed by atoms with Gasteiger partial charge >= 0.3 is 5.69 Å². The number of hydrogen-bond acceptors (Lipinski definition) is 5. The van der Waals surface area contributed by atoms with Crippen LogP contribution in [0.25, 0.3) is 0 Å². The Morgan fingerprint density at radius 3 is 2.73 bits per heavy atom. The summed E-state index contributed by atoms with van der Waals surface area (Å²) >= 11 is 0. The Hall–Kier alpha value is -2.22. The van der Waals surface area contributed by atoms with Crippen molar-refractivity contribution in [1.29, 1.82) is 0 Å². The van der Waals surface area contributed by atoms with Crippen molar-refractivity contribution in [3.63, 3.8) is 0 Å². The molecule has 8 nitrogen and oxygen atoms in total. The van der Waals surface area contributed by atoms with Crippen LogP contribution in [0.3, 0.4) is 0 Å². The third kappa shape index (κ3) is 3.70. The number of aryl methyl sites for hydroxylation is 1. The normalized spacial score (nSPS) is 11.5. The first-order valence-corrected chi connectivity index (χ1v) is 7.26. The van der Waals surface area contributed by atoms with Crippen molar-refractivity contribution in [2.75, 3.05) is 13.6 Å². The molecule has 0 aliphatic heterocycles. The Morgan fingerprint density at radius 2 is 2.09 bits per heavy atom. The number of aromatic nitrogens is 5. The third-order valence-corrected chi connectivity index (χ3v) is 3.48. The van der Waals surface area contributed by atoms with Gasteiger partial charge in [0.15, 0.2) is 0 Å². The van der Waals surface area contributed by atoms with Gasteiger partial charge in [-0.05, 0) is 27.8 Å². The summed E-state index contributed by atoms with van der Waals surface area (Å²) in [6, 6.07) is 1.72. The van der Waals surface area contributed by atoms with E-state index in [1.54, 1.807) is 13.3 Å². The number of hydrogen-bond donors (Lipinski definition) is 1. The van der Waals surface area contributed by atoms with Crippen LogP contribution in [0.5, 0.6) is 0 Å². The standard InChI is InChI=1S/C14H22N6O2/c1-10(2)20-9-15-17-12(20)8-18(4)5-6-19-13(21)7-11(3)16-14(19)22/h7,9-10H,5-6,8H2,1-4H3,(H,16,22). The minimum absolute atomic E-state index is 0.278. The molecule has 2 aromatic heterocycles. The molecule has 2 rings (SSSR count). The summed E-state index contributed by atoms with van der Waals surface area (Å²) in [7, 11) is 1.92. The lowest BCUT2D eigenvalue weighted by molar-refractivity contribution is 0.292. The van der Waals surface area contributed by atoms with Crippen molar-refractivity contribution in [3.05, 3.63) is 44.8 Å². The zero-order valence-corrected chi connectivity index (χ0v) is 13.4. The highest BCUT2D eigenvalue weighted by atomic mass is 16.2. The summed E-state index contributed by atoms with van der Waals surface area (Å²) in [5.74, 6) is 0.864.